The van der Waals surface area contributed by atoms with E-state index in [2.05, 4.69) is 12.6 Å². The SMILES string of the molecule is CC(C)C1(CCS)CC(O)=CC(=O)O1. The van der Waals surface area contributed by atoms with E-state index < -0.39 is 11.6 Å². The molecule has 0 aromatic heterocycles. The van der Waals surface area contributed by atoms with Crippen molar-refractivity contribution in [1.82, 2.24) is 0 Å². The highest BCUT2D eigenvalue weighted by Gasteiger charge is 2.40. The molecule has 0 amide bonds. The molecule has 1 aliphatic heterocycles. The second kappa shape index (κ2) is 4.26. The Balaban J connectivity index is 2.90. The van der Waals surface area contributed by atoms with Crippen molar-refractivity contribution in [2.24, 2.45) is 5.92 Å². The average Bonchev–Trinajstić information content (AvgIpc) is 2.02. The first kappa shape index (κ1) is 11.4. The maximum absolute atomic E-state index is 11.2. The smallest absolute Gasteiger partial charge is 0.334 e. The summed E-state index contributed by atoms with van der Waals surface area (Å²) in [6.45, 7) is 3.96. The zero-order chi connectivity index (χ0) is 10.8. The van der Waals surface area contributed by atoms with Gasteiger partial charge in [0.15, 0.2) is 0 Å². The Kier molecular flexibility index (Phi) is 3.48. The lowest BCUT2D eigenvalue weighted by Crippen LogP contribution is -2.43. The molecular weight excluding hydrogens is 200 g/mol. The van der Waals surface area contributed by atoms with Crippen LogP contribution in [0.3, 0.4) is 0 Å². The van der Waals surface area contributed by atoms with Gasteiger partial charge in [-0.15, -0.1) is 0 Å². The lowest BCUT2D eigenvalue weighted by atomic mass is 9.82. The van der Waals surface area contributed by atoms with Crippen molar-refractivity contribution in [3.8, 4) is 0 Å². The summed E-state index contributed by atoms with van der Waals surface area (Å²) in [5.74, 6) is 0.467. The van der Waals surface area contributed by atoms with Gasteiger partial charge in [0.25, 0.3) is 0 Å². The summed E-state index contributed by atoms with van der Waals surface area (Å²) in [6.07, 6.45) is 2.20. The molecule has 4 heteroatoms. The lowest BCUT2D eigenvalue weighted by molar-refractivity contribution is -0.163. The predicted octanol–water partition coefficient (Wildman–Crippen LogP) is 2.09. The van der Waals surface area contributed by atoms with Crippen LogP contribution in [-0.4, -0.2) is 22.4 Å². The molecule has 0 aliphatic carbocycles. The van der Waals surface area contributed by atoms with Gasteiger partial charge in [0.2, 0.25) is 0 Å². The Labute approximate surface area is 89.6 Å². The quantitative estimate of drug-likeness (QED) is 0.561. The van der Waals surface area contributed by atoms with Crippen LogP contribution < -0.4 is 0 Å². The average molecular weight is 216 g/mol. The molecule has 0 bridgehead atoms. The molecule has 0 fully saturated rings. The highest BCUT2D eigenvalue weighted by Crippen LogP contribution is 2.35. The summed E-state index contributed by atoms with van der Waals surface area (Å²) in [6, 6.07) is 0. The Hall–Kier alpha value is -0.640. The van der Waals surface area contributed by atoms with Crippen LogP contribution in [0.25, 0.3) is 0 Å². The van der Waals surface area contributed by atoms with Crippen molar-refractivity contribution in [2.45, 2.75) is 32.3 Å². The lowest BCUT2D eigenvalue weighted by Gasteiger charge is -2.38. The predicted molar refractivity (Wildman–Crippen MR) is 57.5 cm³/mol. The van der Waals surface area contributed by atoms with E-state index in [1.54, 1.807) is 0 Å². The van der Waals surface area contributed by atoms with Gasteiger partial charge in [-0.2, -0.15) is 12.6 Å². The monoisotopic (exact) mass is 216 g/mol. The van der Waals surface area contributed by atoms with Crippen LogP contribution in [0.5, 0.6) is 0 Å². The number of carbonyl (C=O) groups excluding carboxylic acids is 1. The van der Waals surface area contributed by atoms with E-state index in [-0.39, 0.29) is 11.7 Å². The number of hydrogen-bond acceptors (Lipinski definition) is 4. The highest BCUT2D eigenvalue weighted by atomic mass is 32.1. The summed E-state index contributed by atoms with van der Waals surface area (Å²) in [5.41, 5.74) is -0.572. The number of rotatable bonds is 3. The maximum Gasteiger partial charge on any atom is 0.334 e. The molecule has 1 heterocycles. The van der Waals surface area contributed by atoms with Crippen LogP contribution in [-0.2, 0) is 9.53 Å². The molecule has 1 aliphatic rings. The third-order valence-electron chi connectivity index (χ3n) is 2.66. The van der Waals surface area contributed by atoms with E-state index in [0.29, 0.717) is 18.6 Å². The Bertz CT molecular complexity index is 260. The number of aliphatic hydroxyl groups is 1. The third kappa shape index (κ3) is 2.23. The number of aliphatic hydroxyl groups excluding tert-OH is 1. The molecule has 0 spiro atoms. The van der Waals surface area contributed by atoms with Crippen molar-refractivity contribution in [2.75, 3.05) is 5.75 Å². The van der Waals surface area contributed by atoms with E-state index in [9.17, 15) is 9.90 Å². The Morgan fingerprint density at radius 2 is 2.36 bits per heavy atom. The number of esters is 1. The molecule has 3 nitrogen and oxygen atoms in total. The third-order valence-corrected chi connectivity index (χ3v) is 2.88. The normalized spacial score (nSPS) is 27.4. The van der Waals surface area contributed by atoms with Crippen LogP contribution in [0.1, 0.15) is 26.7 Å². The highest BCUT2D eigenvalue weighted by molar-refractivity contribution is 7.80. The number of carbonyl (C=O) groups is 1. The molecule has 1 atom stereocenters. The van der Waals surface area contributed by atoms with Crippen molar-refractivity contribution in [3.63, 3.8) is 0 Å². The zero-order valence-corrected chi connectivity index (χ0v) is 9.38. The topological polar surface area (TPSA) is 46.5 Å². The van der Waals surface area contributed by atoms with Crippen molar-refractivity contribution in [1.29, 1.82) is 0 Å². The van der Waals surface area contributed by atoms with E-state index in [1.165, 1.54) is 0 Å². The maximum atomic E-state index is 11.2. The first-order valence-corrected chi connectivity index (χ1v) is 5.37. The first-order chi connectivity index (χ1) is 6.50. The van der Waals surface area contributed by atoms with Crippen molar-refractivity contribution >= 4 is 18.6 Å². The van der Waals surface area contributed by atoms with E-state index in [4.69, 9.17) is 4.74 Å². The summed E-state index contributed by atoms with van der Waals surface area (Å²) < 4.78 is 5.32. The minimum Gasteiger partial charge on any atom is -0.512 e. The molecule has 0 saturated carbocycles. The largest absolute Gasteiger partial charge is 0.512 e. The van der Waals surface area contributed by atoms with Crippen LogP contribution in [0.2, 0.25) is 0 Å². The second-order valence-corrected chi connectivity index (χ2v) is 4.37. The number of hydrogen-bond donors (Lipinski definition) is 2. The van der Waals surface area contributed by atoms with Crippen molar-refractivity contribution in [3.05, 3.63) is 11.8 Å². The van der Waals surface area contributed by atoms with Gasteiger partial charge >= 0.3 is 5.97 Å². The van der Waals surface area contributed by atoms with Gasteiger partial charge in [-0.25, -0.2) is 4.79 Å². The van der Waals surface area contributed by atoms with Gasteiger partial charge in [-0.1, -0.05) is 13.8 Å². The van der Waals surface area contributed by atoms with Crippen LogP contribution in [0.15, 0.2) is 11.8 Å². The molecule has 80 valence electrons. The standard InChI is InChI=1S/C10H16O3S/c1-7(2)10(3-4-14)6-8(11)5-9(12)13-10/h5,7,11,14H,3-4,6H2,1-2H3. The molecule has 0 saturated heterocycles. The minimum absolute atomic E-state index is 0.108. The molecule has 0 aromatic carbocycles. The summed E-state index contributed by atoms with van der Waals surface area (Å²) >= 11 is 4.15. The molecule has 14 heavy (non-hydrogen) atoms. The first-order valence-electron chi connectivity index (χ1n) is 4.73. The molecule has 0 aromatic rings. The van der Waals surface area contributed by atoms with Crippen LogP contribution in [0, 0.1) is 5.92 Å². The zero-order valence-electron chi connectivity index (χ0n) is 8.49. The van der Waals surface area contributed by atoms with E-state index in [1.807, 2.05) is 13.8 Å². The van der Waals surface area contributed by atoms with Gasteiger partial charge < -0.3 is 9.84 Å². The molecule has 1 rings (SSSR count). The fourth-order valence-electron chi connectivity index (χ4n) is 1.70. The second-order valence-electron chi connectivity index (χ2n) is 3.93. The van der Waals surface area contributed by atoms with Gasteiger partial charge in [0.05, 0.1) is 6.08 Å². The van der Waals surface area contributed by atoms with E-state index in [0.717, 1.165) is 6.08 Å². The Morgan fingerprint density at radius 3 is 2.79 bits per heavy atom. The summed E-state index contributed by atoms with van der Waals surface area (Å²) in [7, 11) is 0. The molecular formula is C10H16O3S. The molecule has 0 radical (unpaired) electrons. The van der Waals surface area contributed by atoms with E-state index >= 15 is 0 Å². The minimum atomic E-state index is -0.572. The summed E-state index contributed by atoms with van der Waals surface area (Å²) in [4.78, 5) is 11.2. The Morgan fingerprint density at radius 1 is 1.71 bits per heavy atom. The molecule has 1 N–H and O–H groups in total. The van der Waals surface area contributed by atoms with Gasteiger partial charge in [-0.3, -0.25) is 0 Å². The number of ether oxygens (including phenoxy) is 1. The molecule has 1 unspecified atom stereocenters. The van der Waals surface area contributed by atoms with Crippen LogP contribution >= 0.6 is 12.6 Å². The van der Waals surface area contributed by atoms with Crippen molar-refractivity contribution < 1.29 is 14.6 Å². The van der Waals surface area contributed by atoms with Gasteiger partial charge in [-0.05, 0) is 18.1 Å². The number of thiol groups is 1. The van der Waals surface area contributed by atoms with Gasteiger partial charge in [0.1, 0.15) is 11.4 Å². The van der Waals surface area contributed by atoms with Crippen LogP contribution in [0.4, 0.5) is 0 Å². The number of cyclic esters (lactones) is 1. The van der Waals surface area contributed by atoms with Gasteiger partial charge in [0, 0.05) is 6.42 Å². The summed E-state index contributed by atoms with van der Waals surface area (Å²) in [5, 5.41) is 9.43. The fraction of sp³-hybridized carbons (Fsp3) is 0.700. The fourth-order valence-corrected chi connectivity index (χ4v) is 2.08.